The number of urea groups is 1. The molecule has 1 aliphatic heterocycles. The molecule has 1 atom stereocenters. The van der Waals surface area contributed by atoms with E-state index in [1.807, 2.05) is 37.3 Å². The number of carbonyl (C=O) groups excluding carboxylic acids is 2. The topological polar surface area (TPSA) is 62.3 Å². The Balaban J connectivity index is 1.69. The number of halogens is 2. The molecule has 1 saturated heterocycles. The van der Waals surface area contributed by atoms with E-state index < -0.39 is 11.6 Å². The van der Waals surface area contributed by atoms with Gasteiger partial charge >= 0.3 is 6.03 Å². The third-order valence-electron chi connectivity index (χ3n) is 5.12. The van der Waals surface area contributed by atoms with E-state index in [9.17, 15) is 9.59 Å². The van der Waals surface area contributed by atoms with Crippen molar-refractivity contribution in [2.45, 2.75) is 25.4 Å². The number of rotatable bonds is 4. The molecule has 3 amide bonds. The number of carbonyl (C=O) groups is 2. The van der Waals surface area contributed by atoms with Crippen LogP contribution in [0.3, 0.4) is 0 Å². The van der Waals surface area contributed by atoms with Crippen molar-refractivity contribution in [2.24, 2.45) is 0 Å². The minimum Gasteiger partial charge on any atom is -0.319 e. The lowest BCUT2D eigenvalue weighted by molar-refractivity contribution is -0.132. The largest absolute Gasteiger partial charge is 0.325 e. The van der Waals surface area contributed by atoms with Gasteiger partial charge in [0, 0.05) is 16.0 Å². The molecule has 3 aromatic rings. The van der Waals surface area contributed by atoms with Gasteiger partial charge in [-0.1, -0.05) is 60.5 Å². The van der Waals surface area contributed by atoms with Crippen molar-refractivity contribution in [3.63, 3.8) is 0 Å². The molecule has 1 aromatic heterocycles. The summed E-state index contributed by atoms with van der Waals surface area (Å²) < 4.78 is 0. The molecule has 1 fully saturated rings. The van der Waals surface area contributed by atoms with Gasteiger partial charge in [-0.3, -0.25) is 9.69 Å². The molecule has 28 heavy (non-hydrogen) atoms. The summed E-state index contributed by atoms with van der Waals surface area (Å²) in [6.07, 6.45) is 0.416. The fourth-order valence-corrected chi connectivity index (χ4v) is 3.89. The van der Waals surface area contributed by atoms with Crippen LogP contribution in [-0.2, 0) is 16.9 Å². The van der Waals surface area contributed by atoms with Gasteiger partial charge in [0.05, 0.1) is 12.1 Å². The van der Waals surface area contributed by atoms with E-state index in [-0.39, 0.29) is 17.6 Å². The number of hydrogen-bond donors (Lipinski definition) is 1. The highest BCUT2D eigenvalue weighted by Crippen LogP contribution is 2.34. The number of amides is 3. The highest BCUT2D eigenvalue weighted by molar-refractivity contribution is 6.31. The first-order valence-corrected chi connectivity index (χ1v) is 9.64. The lowest BCUT2D eigenvalue weighted by atomic mass is 9.87. The second kappa shape index (κ2) is 7.08. The molecule has 0 spiro atoms. The zero-order valence-corrected chi connectivity index (χ0v) is 16.6. The molecule has 5 nitrogen and oxygen atoms in total. The van der Waals surface area contributed by atoms with Gasteiger partial charge in [-0.15, -0.1) is 0 Å². The standard InChI is InChI=1S/C21H17Cl2N3O2/c1-2-21(15-7-9-16(22)10-8-15)19(27)26(20(28)25-21)12-14-11-13-5-3-4-6-17(13)24-18(14)23/h3-11H,2,12H2,1H3,(H,25,28). The van der Waals surface area contributed by atoms with Crippen LogP contribution in [0.1, 0.15) is 24.5 Å². The maximum absolute atomic E-state index is 13.3. The van der Waals surface area contributed by atoms with Crippen LogP contribution in [0.25, 0.3) is 10.9 Å². The Hall–Kier alpha value is -2.63. The number of hydrogen-bond acceptors (Lipinski definition) is 3. The Kier molecular flexibility index (Phi) is 4.73. The average Bonchev–Trinajstić information content (AvgIpc) is 2.94. The summed E-state index contributed by atoms with van der Waals surface area (Å²) in [6.45, 7) is 1.91. The predicted octanol–water partition coefficient (Wildman–Crippen LogP) is 4.90. The van der Waals surface area contributed by atoms with Gasteiger partial charge in [0.1, 0.15) is 10.7 Å². The molecule has 0 saturated carbocycles. The molecule has 7 heteroatoms. The van der Waals surface area contributed by atoms with Crippen molar-refractivity contribution in [1.82, 2.24) is 15.2 Å². The summed E-state index contributed by atoms with van der Waals surface area (Å²) in [7, 11) is 0. The monoisotopic (exact) mass is 413 g/mol. The molecule has 2 heterocycles. The van der Waals surface area contributed by atoms with Crippen molar-refractivity contribution >= 4 is 46.0 Å². The highest BCUT2D eigenvalue weighted by Gasteiger charge is 2.51. The van der Waals surface area contributed by atoms with Crippen molar-refractivity contribution in [2.75, 3.05) is 0 Å². The molecule has 0 radical (unpaired) electrons. The van der Waals surface area contributed by atoms with Crippen LogP contribution in [0, 0.1) is 0 Å². The molecular weight excluding hydrogens is 397 g/mol. The number of nitrogens with zero attached hydrogens (tertiary/aromatic N) is 2. The summed E-state index contributed by atoms with van der Waals surface area (Å²) in [5.41, 5.74) is 0.964. The van der Waals surface area contributed by atoms with Crippen LogP contribution in [0.4, 0.5) is 4.79 Å². The van der Waals surface area contributed by atoms with Gasteiger partial charge in [-0.25, -0.2) is 9.78 Å². The van der Waals surface area contributed by atoms with E-state index in [1.165, 1.54) is 4.90 Å². The fraction of sp³-hybridized carbons (Fsp3) is 0.190. The summed E-state index contributed by atoms with van der Waals surface area (Å²) in [6, 6.07) is 15.9. The third-order valence-corrected chi connectivity index (χ3v) is 5.70. The van der Waals surface area contributed by atoms with Crippen molar-refractivity contribution in [1.29, 1.82) is 0 Å². The SMILES string of the molecule is CCC1(c2ccc(Cl)cc2)NC(=O)N(Cc2cc3ccccc3nc2Cl)C1=O. The van der Waals surface area contributed by atoms with Crippen LogP contribution >= 0.6 is 23.2 Å². The van der Waals surface area contributed by atoms with Crippen LogP contribution in [0.2, 0.25) is 10.2 Å². The van der Waals surface area contributed by atoms with Gasteiger partial charge in [-0.2, -0.15) is 0 Å². The quantitative estimate of drug-likeness (QED) is 0.488. The molecule has 2 aromatic carbocycles. The molecule has 0 bridgehead atoms. The van der Waals surface area contributed by atoms with Crippen LogP contribution in [0.15, 0.2) is 54.6 Å². The van der Waals surface area contributed by atoms with Crippen molar-refractivity contribution in [3.05, 3.63) is 75.9 Å². The third kappa shape index (κ3) is 3.01. The van der Waals surface area contributed by atoms with Crippen molar-refractivity contribution in [3.8, 4) is 0 Å². The Labute approximate surface area is 172 Å². The van der Waals surface area contributed by atoms with E-state index in [1.54, 1.807) is 24.3 Å². The maximum Gasteiger partial charge on any atom is 0.325 e. The summed E-state index contributed by atoms with van der Waals surface area (Å²) in [4.78, 5) is 31.5. The first-order chi connectivity index (χ1) is 13.4. The number of para-hydroxylation sites is 1. The van der Waals surface area contributed by atoms with E-state index in [0.717, 1.165) is 10.9 Å². The molecule has 1 N–H and O–H groups in total. The fourth-order valence-electron chi connectivity index (χ4n) is 3.56. The first kappa shape index (κ1) is 18.7. The number of imide groups is 1. The van der Waals surface area contributed by atoms with E-state index >= 15 is 0 Å². The molecule has 0 aliphatic carbocycles. The summed E-state index contributed by atoms with van der Waals surface area (Å²) >= 11 is 12.3. The predicted molar refractivity (Wildman–Crippen MR) is 109 cm³/mol. The van der Waals surface area contributed by atoms with Gasteiger partial charge < -0.3 is 5.32 Å². The van der Waals surface area contributed by atoms with E-state index in [2.05, 4.69) is 10.3 Å². The van der Waals surface area contributed by atoms with Gasteiger partial charge in [-0.05, 0) is 36.2 Å². The molecule has 142 valence electrons. The number of aromatic nitrogens is 1. The molecule has 1 unspecified atom stereocenters. The Morgan fingerprint density at radius 3 is 2.50 bits per heavy atom. The zero-order valence-electron chi connectivity index (χ0n) is 15.1. The van der Waals surface area contributed by atoms with Crippen LogP contribution in [0.5, 0.6) is 0 Å². The second-order valence-corrected chi connectivity index (χ2v) is 7.51. The van der Waals surface area contributed by atoms with Gasteiger partial charge in [0.2, 0.25) is 0 Å². The lowest BCUT2D eigenvalue weighted by Gasteiger charge is -2.26. The van der Waals surface area contributed by atoms with Crippen LogP contribution < -0.4 is 5.32 Å². The minimum atomic E-state index is -1.11. The molecule has 4 rings (SSSR count). The first-order valence-electron chi connectivity index (χ1n) is 8.89. The summed E-state index contributed by atoms with van der Waals surface area (Å²) in [5.74, 6) is -0.313. The van der Waals surface area contributed by atoms with E-state index in [0.29, 0.717) is 22.6 Å². The number of fused-ring (bicyclic) bond motifs is 1. The van der Waals surface area contributed by atoms with E-state index in [4.69, 9.17) is 23.2 Å². The number of pyridine rings is 1. The second-order valence-electron chi connectivity index (χ2n) is 6.72. The Morgan fingerprint density at radius 1 is 1.07 bits per heavy atom. The summed E-state index contributed by atoms with van der Waals surface area (Å²) in [5, 5.41) is 4.60. The van der Waals surface area contributed by atoms with Crippen molar-refractivity contribution < 1.29 is 9.59 Å². The Bertz CT molecular complexity index is 1080. The normalized spacial score (nSPS) is 19.3. The molecule has 1 aliphatic rings. The van der Waals surface area contributed by atoms with Crippen LogP contribution in [-0.4, -0.2) is 21.8 Å². The Morgan fingerprint density at radius 2 is 1.79 bits per heavy atom. The number of benzene rings is 2. The average molecular weight is 414 g/mol. The molecular formula is C21H17Cl2N3O2. The number of nitrogens with one attached hydrogen (secondary N) is 1. The maximum atomic E-state index is 13.3. The van der Waals surface area contributed by atoms with Gasteiger partial charge in [0.25, 0.3) is 5.91 Å². The van der Waals surface area contributed by atoms with Gasteiger partial charge in [0.15, 0.2) is 0 Å². The zero-order chi connectivity index (χ0) is 19.9. The smallest absolute Gasteiger partial charge is 0.319 e. The minimum absolute atomic E-state index is 0.0523. The lowest BCUT2D eigenvalue weighted by Crippen LogP contribution is -2.43. The highest BCUT2D eigenvalue weighted by atomic mass is 35.5.